The van der Waals surface area contributed by atoms with Crippen LogP contribution in [0.1, 0.15) is 17.2 Å². The minimum atomic E-state index is -0.737. The van der Waals surface area contributed by atoms with Crippen molar-refractivity contribution in [2.24, 2.45) is 0 Å². The van der Waals surface area contributed by atoms with Gasteiger partial charge in [-0.3, -0.25) is 0 Å². The van der Waals surface area contributed by atoms with Crippen LogP contribution in [0.2, 0.25) is 0 Å². The van der Waals surface area contributed by atoms with Crippen molar-refractivity contribution in [3.05, 3.63) is 76.3 Å². The van der Waals surface area contributed by atoms with Crippen molar-refractivity contribution in [2.45, 2.75) is 6.10 Å². The molecule has 20 heavy (non-hydrogen) atoms. The van der Waals surface area contributed by atoms with E-state index in [1.54, 1.807) is 6.07 Å². The van der Waals surface area contributed by atoms with Crippen molar-refractivity contribution < 1.29 is 5.11 Å². The van der Waals surface area contributed by atoms with Crippen LogP contribution in [0.15, 0.2) is 65.1 Å². The highest BCUT2D eigenvalue weighted by Crippen LogP contribution is 2.33. The smallest absolute Gasteiger partial charge is 0.107 e. The lowest BCUT2D eigenvalue weighted by Crippen LogP contribution is -2.04. The molecule has 3 N–H and O–H groups in total. The van der Waals surface area contributed by atoms with Crippen molar-refractivity contribution in [1.82, 2.24) is 0 Å². The van der Waals surface area contributed by atoms with Gasteiger partial charge in [0.2, 0.25) is 0 Å². The lowest BCUT2D eigenvalue weighted by molar-refractivity contribution is 0.222. The van der Waals surface area contributed by atoms with E-state index in [1.807, 2.05) is 54.6 Å². The van der Waals surface area contributed by atoms with E-state index in [9.17, 15) is 5.11 Å². The maximum absolute atomic E-state index is 10.7. The molecule has 1 atom stereocenters. The van der Waals surface area contributed by atoms with Crippen LogP contribution in [0.5, 0.6) is 0 Å². The van der Waals surface area contributed by atoms with E-state index in [2.05, 4.69) is 15.9 Å². The zero-order chi connectivity index (χ0) is 14.1. The molecule has 3 aromatic rings. The normalized spacial score (nSPS) is 12.5. The van der Waals surface area contributed by atoms with Crippen LogP contribution in [0.25, 0.3) is 10.8 Å². The number of nitrogen functional groups attached to an aromatic ring is 1. The van der Waals surface area contributed by atoms with Gasteiger partial charge in [-0.25, -0.2) is 0 Å². The second kappa shape index (κ2) is 5.27. The molecule has 100 valence electrons. The Hall–Kier alpha value is -1.84. The third kappa shape index (κ3) is 2.30. The molecule has 1 unspecified atom stereocenters. The van der Waals surface area contributed by atoms with E-state index in [1.165, 1.54) is 0 Å². The first kappa shape index (κ1) is 13.2. The molecule has 0 aromatic heterocycles. The SMILES string of the molecule is Nc1ccc(Br)cc1C(O)c1cccc2ccccc12. The number of benzene rings is 3. The number of aliphatic hydroxyl groups is 1. The van der Waals surface area contributed by atoms with E-state index in [0.717, 1.165) is 26.4 Å². The van der Waals surface area contributed by atoms with Crippen LogP contribution in [-0.4, -0.2) is 5.11 Å². The van der Waals surface area contributed by atoms with Gasteiger partial charge in [0.15, 0.2) is 0 Å². The van der Waals surface area contributed by atoms with Gasteiger partial charge < -0.3 is 10.8 Å². The summed E-state index contributed by atoms with van der Waals surface area (Å²) in [7, 11) is 0. The number of nitrogens with two attached hydrogens (primary N) is 1. The zero-order valence-electron chi connectivity index (χ0n) is 10.8. The highest BCUT2D eigenvalue weighted by atomic mass is 79.9. The Morgan fingerprint density at radius 2 is 1.65 bits per heavy atom. The predicted octanol–water partition coefficient (Wildman–Crippen LogP) is 4.27. The summed E-state index contributed by atoms with van der Waals surface area (Å²) < 4.78 is 0.904. The minimum Gasteiger partial charge on any atom is -0.398 e. The number of halogens is 1. The Kier molecular flexibility index (Phi) is 3.47. The topological polar surface area (TPSA) is 46.2 Å². The number of rotatable bonds is 2. The summed E-state index contributed by atoms with van der Waals surface area (Å²) in [6.07, 6.45) is -0.737. The first-order valence-electron chi connectivity index (χ1n) is 6.37. The van der Waals surface area contributed by atoms with E-state index in [-0.39, 0.29) is 0 Å². The van der Waals surface area contributed by atoms with E-state index in [4.69, 9.17) is 5.73 Å². The molecule has 0 spiro atoms. The molecule has 0 aliphatic carbocycles. The number of hydrogen-bond acceptors (Lipinski definition) is 2. The average Bonchev–Trinajstić information content (AvgIpc) is 2.48. The highest BCUT2D eigenvalue weighted by Gasteiger charge is 2.16. The number of anilines is 1. The molecule has 0 aliphatic heterocycles. The van der Waals surface area contributed by atoms with Gasteiger partial charge in [-0.1, -0.05) is 58.4 Å². The van der Waals surface area contributed by atoms with Gasteiger partial charge in [0.05, 0.1) is 0 Å². The Bertz CT molecular complexity index is 765. The van der Waals surface area contributed by atoms with Gasteiger partial charge in [-0.15, -0.1) is 0 Å². The van der Waals surface area contributed by atoms with Crippen LogP contribution >= 0.6 is 15.9 Å². The molecule has 0 saturated heterocycles. The molecule has 0 bridgehead atoms. The Balaban J connectivity index is 2.17. The molecule has 0 radical (unpaired) electrons. The largest absolute Gasteiger partial charge is 0.398 e. The highest BCUT2D eigenvalue weighted by molar-refractivity contribution is 9.10. The molecule has 0 amide bonds. The van der Waals surface area contributed by atoms with Crippen molar-refractivity contribution in [2.75, 3.05) is 5.73 Å². The average molecular weight is 328 g/mol. The molecule has 2 nitrogen and oxygen atoms in total. The van der Waals surface area contributed by atoms with E-state index < -0.39 is 6.10 Å². The Morgan fingerprint density at radius 3 is 2.50 bits per heavy atom. The third-order valence-corrected chi connectivity index (χ3v) is 3.95. The summed E-state index contributed by atoms with van der Waals surface area (Å²) in [5, 5.41) is 12.8. The Morgan fingerprint density at radius 1 is 0.900 bits per heavy atom. The van der Waals surface area contributed by atoms with Crippen LogP contribution in [0.3, 0.4) is 0 Å². The van der Waals surface area contributed by atoms with Crippen LogP contribution in [0.4, 0.5) is 5.69 Å². The van der Waals surface area contributed by atoms with Crippen molar-refractivity contribution in [1.29, 1.82) is 0 Å². The number of hydrogen-bond donors (Lipinski definition) is 2. The summed E-state index contributed by atoms with van der Waals surface area (Å²) in [4.78, 5) is 0. The van der Waals surface area contributed by atoms with Crippen LogP contribution in [0, 0.1) is 0 Å². The molecule has 0 saturated carbocycles. The first-order chi connectivity index (χ1) is 9.66. The molecule has 3 heteroatoms. The molecule has 0 fully saturated rings. The fourth-order valence-electron chi connectivity index (χ4n) is 2.44. The van der Waals surface area contributed by atoms with Gasteiger partial charge in [0, 0.05) is 15.7 Å². The molecule has 0 aliphatic rings. The van der Waals surface area contributed by atoms with Crippen molar-refractivity contribution in [3.8, 4) is 0 Å². The summed E-state index contributed by atoms with van der Waals surface area (Å²) in [5.41, 5.74) is 8.17. The second-order valence-corrected chi connectivity index (χ2v) is 5.66. The summed E-state index contributed by atoms with van der Waals surface area (Å²) in [6.45, 7) is 0. The number of aliphatic hydroxyl groups excluding tert-OH is 1. The van der Waals surface area contributed by atoms with E-state index in [0.29, 0.717) is 5.69 Å². The van der Waals surface area contributed by atoms with Gasteiger partial charge in [0.25, 0.3) is 0 Å². The lowest BCUT2D eigenvalue weighted by atomic mass is 9.95. The monoisotopic (exact) mass is 327 g/mol. The predicted molar refractivity (Wildman–Crippen MR) is 86.6 cm³/mol. The fraction of sp³-hybridized carbons (Fsp3) is 0.0588. The molecular formula is C17H14BrNO. The summed E-state index contributed by atoms with van der Waals surface area (Å²) >= 11 is 3.42. The zero-order valence-corrected chi connectivity index (χ0v) is 12.3. The first-order valence-corrected chi connectivity index (χ1v) is 7.17. The van der Waals surface area contributed by atoms with Crippen LogP contribution in [-0.2, 0) is 0 Å². The quantitative estimate of drug-likeness (QED) is 0.690. The maximum atomic E-state index is 10.7. The van der Waals surface area contributed by atoms with Gasteiger partial charge >= 0.3 is 0 Å². The van der Waals surface area contributed by atoms with E-state index >= 15 is 0 Å². The number of fused-ring (bicyclic) bond motifs is 1. The summed E-state index contributed by atoms with van der Waals surface area (Å²) in [6, 6.07) is 19.5. The summed E-state index contributed by atoms with van der Waals surface area (Å²) in [5.74, 6) is 0. The lowest BCUT2D eigenvalue weighted by Gasteiger charge is -2.16. The van der Waals surface area contributed by atoms with Gasteiger partial charge in [0.1, 0.15) is 6.10 Å². The van der Waals surface area contributed by atoms with Crippen molar-refractivity contribution in [3.63, 3.8) is 0 Å². The minimum absolute atomic E-state index is 0.591. The molecule has 0 heterocycles. The maximum Gasteiger partial charge on any atom is 0.107 e. The standard InChI is InChI=1S/C17H14BrNO/c18-12-8-9-16(19)15(10-12)17(20)14-7-3-5-11-4-1-2-6-13(11)14/h1-10,17,20H,19H2. The van der Waals surface area contributed by atoms with Crippen LogP contribution < -0.4 is 5.73 Å². The Labute approximate surface area is 126 Å². The van der Waals surface area contributed by atoms with Crippen molar-refractivity contribution >= 4 is 32.4 Å². The molecule has 3 rings (SSSR count). The van der Waals surface area contributed by atoms with Gasteiger partial charge in [-0.2, -0.15) is 0 Å². The second-order valence-electron chi connectivity index (χ2n) is 4.74. The third-order valence-electron chi connectivity index (χ3n) is 3.46. The fourth-order valence-corrected chi connectivity index (χ4v) is 2.82. The molecule has 3 aromatic carbocycles. The van der Waals surface area contributed by atoms with Gasteiger partial charge in [-0.05, 0) is 34.5 Å². The molecular weight excluding hydrogens is 314 g/mol.